The smallest absolute Gasteiger partial charge is 0.268 e. The van der Waals surface area contributed by atoms with Crippen LogP contribution in [-0.4, -0.2) is 23.4 Å². The van der Waals surface area contributed by atoms with Crippen LogP contribution in [0.4, 0.5) is 0 Å². The average Bonchev–Trinajstić information content (AvgIpc) is 2.29. The van der Waals surface area contributed by atoms with Gasteiger partial charge in [0.15, 0.2) is 0 Å². The molecule has 0 aromatic carbocycles. The molecular weight excluding hydrogens is 144 g/mol. The fourth-order valence-corrected chi connectivity index (χ4v) is 0.747. The lowest BCUT2D eigenvalue weighted by Crippen LogP contribution is -2.42. The largest absolute Gasteiger partial charge is 0.268 e. The van der Waals surface area contributed by atoms with Gasteiger partial charge in [0.05, 0.1) is 0 Å². The number of hydrogen-bond acceptors (Lipinski definition) is 3. The highest BCUT2D eigenvalue weighted by Gasteiger charge is 2.22. The molecule has 0 aromatic heterocycles. The maximum Gasteiger partial charge on any atom is 0.268 e. The second kappa shape index (κ2) is 3.30. The molecule has 0 unspecified atom stereocenters. The number of imide groups is 1. The van der Waals surface area contributed by atoms with E-state index in [9.17, 15) is 9.59 Å². The van der Waals surface area contributed by atoms with Crippen molar-refractivity contribution in [1.29, 1.82) is 0 Å². The molecule has 0 bridgehead atoms. The summed E-state index contributed by atoms with van der Waals surface area (Å²) in [5.41, 5.74) is 2.64. The summed E-state index contributed by atoms with van der Waals surface area (Å²) in [6.45, 7) is 4.09. The minimum absolute atomic E-state index is 0.316. The zero-order valence-corrected chi connectivity index (χ0v) is 6.04. The molecule has 0 atom stereocenters. The van der Waals surface area contributed by atoms with Crippen molar-refractivity contribution in [3.63, 3.8) is 0 Å². The Hall–Kier alpha value is -1.16. The van der Waals surface area contributed by atoms with E-state index in [4.69, 9.17) is 0 Å². The number of rotatable bonds is 3. The summed E-state index contributed by atoms with van der Waals surface area (Å²) in [5.74, 6) is -0.632. The molecule has 0 fully saturated rings. The average molecular weight is 153 g/mol. The predicted octanol–water partition coefficient (Wildman–Crippen LogP) is -0.360. The van der Waals surface area contributed by atoms with Crippen molar-refractivity contribution in [2.45, 2.75) is 6.42 Å². The molecule has 1 heterocycles. The van der Waals surface area contributed by atoms with E-state index < -0.39 is 0 Å². The second-order valence-corrected chi connectivity index (χ2v) is 2.11. The summed E-state index contributed by atoms with van der Waals surface area (Å²) in [7, 11) is 0. The van der Waals surface area contributed by atoms with Crippen LogP contribution in [0, 0.1) is 6.92 Å². The summed E-state index contributed by atoms with van der Waals surface area (Å²) in [4.78, 5) is 21.7. The molecule has 1 aliphatic heterocycles. The van der Waals surface area contributed by atoms with Gasteiger partial charge in [-0.05, 0) is 6.42 Å². The topological polar surface area (TPSA) is 49.4 Å². The molecular formula is C7H9N2O2. The van der Waals surface area contributed by atoms with E-state index in [1.165, 1.54) is 12.2 Å². The molecule has 1 radical (unpaired) electrons. The summed E-state index contributed by atoms with van der Waals surface area (Å²) < 4.78 is 0. The van der Waals surface area contributed by atoms with E-state index in [-0.39, 0.29) is 11.8 Å². The van der Waals surface area contributed by atoms with Gasteiger partial charge in [0.1, 0.15) is 0 Å². The first-order chi connectivity index (χ1) is 5.25. The molecule has 2 amide bonds. The van der Waals surface area contributed by atoms with Gasteiger partial charge in [0, 0.05) is 18.7 Å². The Bertz CT molecular complexity index is 192. The van der Waals surface area contributed by atoms with Crippen molar-refractivity contribution in [3.8, 4) is 0 Å². The summed E-state index contributed by atoms with van der Waals surface area (Å²) in [6.07, 6.45) is 3.11. The number of carbonyl (C=O) groups excluding carboxylic acids is 2. The van der Waals surface area contributed by atoms with E-state index in [0.717, 1.165) is 5.01 Å². The second-order valence-electron chi connectivity index (χ2n) is 2.11. The van der Waals surface area contributed by atoms with Crippen molar-refractivity contribution in [2.24, 2.45) is 0 Å². The highest BCUT2D eigenvalue weighted by atomic mass is 16.2. The highest BCUT2D eigenvalue weighted by Crippen LogP contribution is 1.98. The molecule has 0 aliphatic carbocycles. The van der Waals surface area contributed by atoms with E-state index in [1.54, 1.807) is 0 Å². The van der Waals surface area contributed by atoms with Crippen molar-refractivity contribution >= 4 is 11.8 Å². The van der Waals surface area contributed by atoms with Crippen molar-refractivity contribution in [2.75, 3.05) is 6.54 Å². The van der Waals surface area contributed by atoms with Crippen LogP contribution in [-0.2, 0) is 9.59 Å². The van der Waals surface area contributed by atoms with Gasteiger partial charge in [0.25, 0.3) is 11.8 Å². The number of hydrogen-bond donors (Lipinski definition) is 1. The first kappa shape index (κ1) is 7.94. The molecule has 59 valence electrons. The summed E-state index contributed by atoms with van der Waals surface area (Å²) in [6, 6.07) is 0. The summed E-state index contributed by atoms with van der Waals surface area (Å²) >= 11 is 0. The van der Waals surface area contributed by atoms with Gasteiger partial charge >= 0.3 is 0 Å². The Morgan fingerprint density at radius 3 is 2.36 bits per heavy atom. The Balaban J connectivity index is 2.46. The summed E-state index contributed by atoms with van der Waals surface area (Å²) in [5, 5.41) is 0.977. The van der Waals surface area contributed by atoms with Crippen LogP contribution in [0.15, 0.2) is 12.2 Å². The van der Waals surface area contributed by atoms with Gasteiger partial charge in [-0.25, -0.2) is 10.4 Å². The minimum Gasteiger partial charge on any atom is -0.268 e. The van der Waals surface area contributed by atoms with Crippen LogP contribution in [0.25, 0.3) is 0 Å². The Kier molecular flexibility index (Phi) is 2.38. The van der Waals surface area contributed by atoms with Gasteiger partial charge in [-0.15, -0.1) is 0 Å². The number of nitrogens with one attached hydrogen (secondary N) is 1. The third-order valence-electron chi connectivity index (χ3n) is 1.26. The molecule has 0 saturated carbocycles. The molecule has 4 nitrogen and oxygen atoms in total. The quantitative estimate of drug-likeness (QED) is 0.563. The first-order valence-corrected chi connectivity index (χ1v) is 3.34. The van der Waals surface area contributed by atoms with Crippen LogP contribution >= 0.6 is 0 Å². The van der Waals surface area contributed by atoms with E-state index in [1.807, 2.05) is 0 Å². The standard InChI is InChI=1S/C7H9N2O2/c1-2-5-8-9-6(10)3-4-7(9)11/h3-4,8H,1-2,5H2. The lowest BCUT2D eigenvalue weighted by atomic mass is 10.5. The van der Waals surface area contributed by atoms with Crippen LogP contribution in [0.5, 0.6) is 0 Å². The van der Waals surface area contributed by atoms with Gasteiger partial charge in [-0.1, -0.05) is 6.92 Å². The number of carbonyl (C=O) groups is 2. The maximum atomic E-state index is 10.8. The van der Waals surface area contributed by atoms with Crippen LogP contribution in [0.1, 0.15) is 6.42 Å². The normalized spacial score (nSPS) is 16.6. The highest BCUT2D eigenvalue weighted by molar-refractivity contribution is 6.12. The maximum absolute atomic E-state index is 10.8. The Morgan fingerprint density at radius 1 is 1.36 bits per heavy atom. The molecule has 1 rings (SSSR count). The fraction of sp³-hybridized carbons (Fsp3) is 0.286. The van der Waals surface area contributed by atoms with Gasteiger partial charge in [-0.3, -0.25) is 9.59 Å². The minimum atomic E-state index is -0.316. The lowest BCUT2D eigenvalue weighted by Gasteiger charge is -2.13. The van der Waals surface area contributed by atoms with E-state index >= 15 is 0 Å². The monoisotopic (exact) mass is 153 g/mol. The SMILES string of the molecule is [CH2]CCNN1C(=O)C=CC1=O. The fourth-order valence-electron chi connectivity index (χ4n) is 0.747. The van der Waals surface area contributed by atoms with E-state index in [0.29, 0.717) is 13.0 Å². The molecule has 4 heteroatoms. The number of amides is 2. The van der Waals surface area contributed by atoms with Gasteiger partial charge in [-0.2, -0.15) is 0 Å². The number of hydrazine groups is 1. The van der Waals surface area contributed by atoms with Crippen molar-refractivity contribution < 1.29 is 9.59 Å². The zero-order valence-electron chi connectivity index (χ0n) is 6.04. The number of nitrogens with zero attached hydrogens (tertiary/aromatic N) is 1. The zero-order chi connectivity index (χ0) is 8.27. The Labute approximate surface area is 64.8 Å². The van der Waals surface area contributed by atoms with Crippen LogP contribution in [0.2, 0.25) is 0 Å². The predicted molar refractivity (Wildman–Crippen MR) is 39.0 cm³/mol. The van der Waals surface area contributed by atoms with Crippen LogP contribution < -0.4 is 5.43 Å². The molecule has 1 N–H and O–H groups in total. The molecule has 11 heavy (non-hydrogen) atoms. The van der Waals surface area contributed by atoms with E-state index in [2.05, 4.69) is 12.3 Å². The van der Waals surface area contributed by atoms with Gasteiger partial charge in [0.2, 0.25) is 0 Å². The third-order valence-corrected chi connectivity index (χ3v) is 1.26. The third kappa shape index (κ3) is 1.65. The lowest BCUT2D eigenvalue weighted by molar-refractivity contribution is -0.140. The van der Waals surface area contributed by atoms with Crippen LogP contribution in [0.3, 0.4) is 0 Å². The molecule has 1 aliphatic rings. The van der Waals surface area contributed by atoms with Crippen molar-refractivity contribution in [3.05, 3.63) is 19.1 Å². The molecule has 0 saturated heterocycles. The molecule has 0 spiro atoms. The Morgan fingerprint density at radius 2 is 1.91 bits per heavy atom. The van der Waals surface area contributed by atoms with Gasteiger partial charge < -0.3 is 0 Å². The molecule has 0 aromatic rings. The first-order valence-electron chi connectivity index (χ1n) is 3.34. The van der Waals surface area contributed by atoms with Crippen molar-refractivity contribution in [1.82, 2.24) is 10.4 Å².